The van der Waals surface area contributed by atoms with Gasteiger partial charge in [0.2, 0.25) is 10.0 Å². The van der Waals surface area contributed by atoms with Crippen LogP contribution in [0.25, 0.3) is 11.2 Å². The first kappa shape index (κ1) is 16.2. The molecule has 4 rings (SSSR count). The minimum atomic E-state index is -3.59. The molecule has 0 bridgehead atoms. The van der Waals surface area contributed by atoms with Crippen molar-refractivity contribution < 1.29 is 8.42 Å². The van der Waals surface area contributed by atoms with E-state index in [4.69, 9.17) is 0 Å². The molecule has 1 saturated carbocycles. The van der Waals surface area contributed by atoms with Gasteiger partial charge in [-0.15, -0.1) is 0 Å². The minimum Gasteiger partial charge on any atom is -0.308 e. The van der Waals surface area contributed by atoms with Crippen molar-refractivity contribution in [2.24, 2.45) is 0 Å². The first-order valence-electron chi connectivity index (χ1n) is 8.34. The SMILES string of the molecule is Cc1cc(C)cc(S(=O)(=O)NCc2nc3cccnc3n2C2CC2)c1. The highest BCUT2D eigenvalue weighted by Crippen LogP contribution is 2.38. The number of fused-ring (bicyclic) bond motifs is 1. The van der Waals surface area contributed by atoms with E-state index in [9.17, 15) is 8.42 Å². The summed E-state index contributed by atoms with van der Waals surface area (Å²) in [6.07, 6.45) is 3.91. The third-order valence-corrected chi connectivity index (χ3v) is 5.74. The standard InChI is InChI=1S/C18H20N4O2S/c1-12-8-13(2)10-15(9-12)25(23,24)20-11-17-21-16-4-3-7-19-18(16)22(17)14-5-6-14/h3-4,7-10,14,20H,5-6,11H2,1-2H3. The molecule has 25 heavy (non-hydrogen) atoms. The Hall–Kier alpha value is -2.25. The van der Waals surface area contributed by atoms with Crippen LogP contribution in [0.2, 0.25) is 0 Å². The van der Waals surface area contributed by atoms with Crippen LogP contribution < -0.4 is 4.72 Å². The summed E-state index contributed by atoms with van der Waals surface area (Å²) in [5.41, 5.74) is 3.48. The molecule has 0 amide bonds. The second-order valence-electron chi connectivity index (χ2n) is 6.62. The molecule has 2 heterocycles. The van der Waals surface area contributed by atoms with Gasteiger partial charge in [-0.1, -0.05) is 6.07 Å². The maximum Gasteiger partial charge on any atom is 0.240 e. The molecule has 1 aromatic carbocycles. The van der Waals surface area contributed by atoms with Crippen molar-refractivity contribution in [2.75, 3.05) is 0 Å². The van der Waals surface area contributed by atoms with Crippen LogP contribution in [0.3, 0.4) is 0 Å². The quantitative estimate of drug-likeness (QED) is 0.763. The lowest BCUT2D eigenvalue weighted by molar-refractivity contribution is 0.575. The third kappa shape index (κ3) is 3.17. The fourth-order valence-corrected chi connectivity index (χ4v) is 4.32. The van der Waals surface area contributed by atoms with Gasteiger partial charge in [-0.2, -0.15) is 0 Å². The van der Waals surface area contributed by atoms with Crippen molar-refractivity contribution in [3.63, 3.8) is 0 Å². The van der Waals surface area contributed by atoms with Crippen LogP contribution in [0.1, 0.15) is 35.8 Å². The summed E-state index contributed by atoms with van der Waals surface area (Å²) in [6, 6.07) is 9.44. The van der Waals surface area contributed by atoms with Crippen LogP contribution in [0.5, 0.6) is 0 Å². The number of nitrogens with zero attached hydrogens (tertiary/aromatic N) is 3. The molecular weight excluding hydrogens is 336 g/mol. The Balaban J connectivity index is 1.65. The number of imidazole rings is 1. The number of sulfonamides is 1. The number of aryl methyl sites for hydroxylation is 2. The van der Waals surface area contributed by atoms with E-state index in [1.807, 2.05) is 32.0 Å². The molecule has 3 aromatic rings. The first-order chi connectivity index (χ1) is 11.9. The van der Waals surface area contributed by atoms with E-state index in [1.54, 1.807) is 18.3 Å². The topological polar surface area (TPSA) is 76.9 Å². The zero-order chi connectivity index (χ0) is 17.6. The van der Waals surface area contributed by atoms with Gasteiger partial charge in [-0.3, -0.25) is 0 Å². The molecule has 2 aromatic heterocycles. The lowest BCUT2D eigenvalue weighted by Crippen LogP contribution is -2.25. The Labute approximate surface area is 147 Å². The summed E-state index contributed by atoms with van der Waals surface area (Å²) in [5.74, 6) is 0.712. The Morgan fingerprint density at radius 3 is 2.60 bits per heavy atom. The highest BCUT2D eigenvalue weighted by atomic mass is 32.2. The van der Waals surface area contributed by atoms with Crippen molar-refractivity contribution in [3.05, 3.63) is 53.5 Å². The third-order valence-electron chi connectivity index (χ3n) is 4.36. The summed E-state index contributed by atoms with van der Waals surface area (Å²) in [4.78, 5) is 9.28. The van der Waals surface area contributed by atoms with Crippen LogP contribution in [0.4, 0.5) is 0 Å². The van der Waals surface area contributed by atoms with Crippen LogP contribution >= 0.6 is 0 Å². The molecule has 0 saturated heterocycles. The smallest absolute Gasteiger partial charge is 0.240 e. The van der Waals surface area contributed by atoms with Gasteiger partial charge in [0, 0.05) is 12.2 Å². The Kier molecular flexibility index (Phi) is 3.85. The predicted molar refractivity (Wildman–Crippen MR) is 95.7 cm³/mol. The van der Waals surface area contributed by atoms with Crippen LogP contribution in [0, 0.1) is 13.8 Å². The largest absolute Gasteiger partial charge is 0.308 e. The van der Waals surface area contributed by atoms with Gasteiger partial charge in [0.25, 0.3) is 0 Å². The van der Waals surface area contributed by atoms with Crippen molar-refractivity contribution in [2.45, 2.75) is 44.2 Å². The average Bonchev–Trinajstić information content (AvgIpc) is 3.32. The number of nitrogens with one attached hydrogen (secondary N) is 1. The Morgan fingerprint density at radius 2 is 1.92 bits per heavy atom. The molecule has 0 atom stereocenters. The molecule has 1 aliphatic rings. The number of aromatic nitrogens is 3. The molecule has 1 aliphatic carbocycles. The zero-order valence-corrected chi connectivity index (χ0v) is 15.0. The van der Waals surface area contributed by atoms with Crippen molar-refractivity contribution in [1.82, 2.24) is 19.3 Å². The molecule has 6 nitrogen and oxygen atoms in total. The lowest BCUT2D eigenvalue weighted by Gasteiger charge is -2.10. The Morgan fingerprint density at radius 1 is 1.20 bits per heavy atom. The van der Waals surface area contributed by atoms with E-state index < -0.39 is 10.0 Å². The van der Waals surface area contributed by atoms with Crippen molar-refractivity contribution in [1.29, 1.82) is 0 Å². The summed E-state index contributed by atoms with van der Waals surface area (Å²) >= 11 is 0. The summed E-state index contributed by atoms with van der Waals surface area (Å²) in [5, 5.41) is 0. The number of hydrogen-bond donors (Lipinski definition) is 1. The summed E-state index contributed by atoms with van der Waals surface area (Å²) < 4.78 is 30.1. The van der Waals surface area contributed by atoms with E-state index in [0.717, 1.165) is 35.1 Å². The molecule has 0 unspecified atom stereocenters. The molecule has 1 fully saturated rings. The molecule has 0 radical (unpaired) electrons. The maximum absolute atomic E-state index is 12.7. The molecule has 0 aliphatic heterocycles. The van der Waals surface area contributed by atoms with E-state index in [2.05, 4.69) is 19.3 Å². The lowest BCUT2D eigenvalue weighted by atomic mass is 10.2. The monoisotopic (exact) mass is 356 g/mol. The van der Waals surface area contributed by atoms with Gasteiger partial charge in [0.05, 0.1) is 11.4 Å². The van der Waals surface area contributed by atoms with Gasteiger partial charge in [-0.05, 0) is 62.1 Å². The molecule has 0 spiro atoms. The maximum atomic E-state index is 12.7. The predicted octanol–water partition coefficient (Wildman–Crippen LogP) is 2.86. The second kappa shape index (κ2) is 5.93. The van der Waals surface area contributed by atoms with E-state index in [-0.39, 0.29) is 11.4 Å². The van der Waals surface area contributed by atoms with Gasteiger partial charge in [0.15, 0.2) is 5.65 Å². The Bertz CT molecular complexity index is 1030. The number of rotatable bonds is 5. The van der Waals surface area contributed by atoms with E-state index in [1.165, 1.54) is 0 Å². The fraction of sp³-hybridized carbons (Fsp3) is 0.333. The van der Waals surface area contributed by atoms with Crippen molar-refractivity contribution in [3.8, 4) is 0 Å². The van der Waals surface area contributed by atoms with Gasteiger partial charge in [0.1, 0.15) is 11.3 Å². The molecule has 130 valence electrons. The van der Waals surface area contributed by atoms with E-state index >= 15 is 0 Å². The molecular formula is C18H20N4O2S. The minimum absolute atomic E-state index is 0.155. The number of benzene rings is 1. The van der Waals surface area contributed by atoms with Gasteiger partial charge >= 0.3 is 0 Å². The average molecular weight is 356 g/mol. The van der Waals surface area contributed by atoms with Crippen molar-refractivity contribution >= 4 is 21.2 Å². The highest BCUT2D eigenvalue weighted by Gasteiger charge is 2.29. The van der Waals surface area contributed by atoms with Crippen LogP contribution in [0.15, 0.2) is 41.4 Å². The normalized spacial score (nSPS) is 15.0. The first-order valence-corrected chi connectivity index (χ1v) is 9.82. The summed E-state index contributed by atoms with van der Waals surface area (Å²) in [7, 11) is -3.59. The summed E-state index contributed by atoms with van der Waals surface area (Å²) in [6.45, 7) is 3.94. The van der Waals surface area contributed by atoms with Gasteiger partial charge < -0.3 is 4.57 Å². The number of hydrogen-bond acceptors (Lipinski definition) is 4. The fourth-order valence-electron chi connectivity index (χ4n) is 3.15. The zero-order valence-electron chi connectivity index (χ0n) is 14.2. The van der Waals surface area contributed by atoms with Crippen LogP contribution in [-0.2, 0) is 16.6 Å². The molecule has 1 N–H and O–H groups in total. The molecule has 7 heteroatoms. The van der Waals surface area contributed by atoms with E-state index in [0.29, 0.717) is 11.9 Å². The van der Waals surface area contributed by atoms with Gasteiger partial charge in [-0.25, -0.2) is 23.1 Å². The van der Waals surface area contributed by atoms with Crippen LogP contribution in [-0.4, -0.2) is 23.0 Å². The highest BCUT2D eigenvalue weighted by molar-refractivity contribution is 7.89. The second-order valence-corrected chi connectivity index (χ2v) is 8.39. The number of pyridine rings is 1.